The predicted molar refractivity (Wildman–Crippen MR) is 150 cm³/mol. The first kappa shape index (κ1) is 25.5. The highest BCUT2D eigenvalue weighted by molar-refractivity contribution is 6.36. The van der Waals surface area contributed by atoms with Crippen LogP contribution in [0.1, 0.15) is 19.3 Å². The average Bonchev–Trinajstić information content (AvgIpc) is 3.61. The number of hydrogen-bond acceptors (Lipinski definition) is 8. The molecule has 0 spiro atoms. The summed E-state index contributed by atoms with van der Waals surface area (Å²) in [6.45, 7) is 2.72. The molecular formula is C29H29ClFN7O. The van der Waals surface area contributed by atoms with Gasteiger partial charge in [0.15, 0.2) is 12.0 Å². The summed E-state index contributed by atoms with van der Waals surface area (Å²) in [6, 6.07) is 11.7. The fourth-order valence-electron chi connectivity index (χ4n) is 5.70. The number of aromatic nitrogens is 3. The van der Waals surface area contributed by atoms with E-state index >= 15 is 4.39 Å². The zero-order valence-corrected chi connectivity index (χ0v) is 22.7. The molecular weight excluding hydrogens is 517 g/mol. The van der Waals surface area contributed by atoms with Crippen LogP contribution < -0.4 is 9.64 Å². The monoisotopic (exact) mass is 545 g/mol. The molecule has 2 aromatic carbocycles. The van der Waals surface area contributed by atoms with Gasteiger partial charge in [0.1, 0.15) is 23.6 Å². The van der Waals surface area contributed by atoms with Crippen LogP contribution in [-0.2, 0) is 0 Å². The minimum absolute atomic E-state index is 0.0476. The van der Waals surface area contributed by atoms with E-state index in [0.29, 0.717) is 41.5 Å². The summed E-state index contributed by atoms with van der Waals surface area (Å²) in [5.41, 5.74) is 0.932. The zero-order valence-electron chi connectivity index (χ0n) is 21.9. The van der Waals surface area contributed by atoms with E-state index in [9.17, 15) is 5.26 Å². The van der Waals surface area contributed by atoms with Crippen molar-refractivity contribution in [1.29, 1.82) is 5.26 Å². The number of ether oxygens (including phenoxy) is 1. The summed E-state index contributed by atoms with van der Waals surface area (Å²) >= 11 is 6.55. The molecule has 2 saturated heterocycles. The van der Waals surface area contributed by atoms with E-state index in [4.69, 9.17) is 21.3 Å². The van der Waals surface area contributed by atoms with E-state index < -0.39 is 5.82 Å². The van der Waals surface area contributed by atoms with E-state index in [1.54, 1.807) is 24.2 Å². The van der Waals surface area contributed by atoms with Gasteiger partial charge in [-0.3, -0.25) is 4.98 Å². The molecule has 2 aliphatic rings. The van der Waals surface area contributed by atoms with Gasteiger partial charge >= 0.3 is 6.01 Å². The van der Waals surface area contributed by atoms with Crippen LogP contribution in [0.3, 0.4) is 0 Å². The fraction of sp³-hybridized carbons (Fsp3) is 0.379. The molecule has 0 bridgehead atoms. The molecule has 0 radical (unpaired) electrons. The molecule has 2 atom stereocenters. The van der Waals surface area contributed by atoms with E-state index in [2.05, 4.69) is 33.0 Å². The number of likely N-dealkylation sites (tertiary alicyclic amines) is 1. The Morgan fingerprint density at radius 1 is 1.18 bits per heavy atom. The SMILES string of the molecule is CN(C#N)C1CCN(c2nc(OC[C@@H]3CCCN3C)nc3c(F)c(-c4cccc5cccc(Cl)c45)ncc23)C1. The van der Waals surface area contributed by atoms with Crippen LogP contribution in [0, 0.1) is 17.3 Å². The second-order valence-corrected chi connectivity index (χ2v) is 10.8. The van der Waals surface area contributed by atoms with Gasteiger partial charge < -0.3 is 19.4 Å². The molecule has 10 heteroatoms. The summed E-state index contributed by atoms with van der Waals surface area (Å²) in [7, 11) is 3.86. The van der Waals surface area contributed by atoms with Gasteiger partial charge in [-0.15, -0.1) is 0 Å². The Morgan fingerprint density at radius 2 is 2.00 bits per heavy atom. The van der Waals surface area contributed by atoms with Crippen molar-refractivity contribution in [2.45, 2.75) is 31.3 Å². The summed E-state index contributed by atoms with van der Waals surface area (Å²) in [6.07, 6.45) is 6.78. The van der Waals surface area contributed by atoms with Crippen molar-refractivity contribution in [2.75, 3.05) is 45.2 Å². The Labute approximate surface area is 231 Å². The molecule has 4 heterocycles. The highest BCUT2D eigenvalue weighted by Crippen LogP contribution is 2.38. The molecule has 0 aliphatic carbocycles. The number of likely N-dealkylation sites (N-methyl/N-ethyl adjacent to an activating group) is 2. The molecule has 0 saturated carbocycles. The van der Waals surface area contributed by atoms with Crippen molar-refractivity contribution in [3.05, 3.63) is 53.4 Å². The lowest BCUT2D eigenvalue weighted by Crippen LogP contribution is -2.32. The zero-order chi connectivity index (χ0) is 27.1. The Morgan fingerprint density at radius 3 is 2.77 bits per heavy atom. The highest BCUT2D eigenvalue weighted by atomic mass is 35.5. The molecule has 6 rings (SSSR count). The van der Waals surface area contributed by atoms with Crippen LogP contribution in [0.15, 0.2) is 42.6 Å². The number of halogens is 2. The van der Waals surface area contributed by atoms with Crippen molar-refractivity contribution < 1.29 is 9.13 Å². The van der Waals surface area contributed by atoms with Crippen molar-refractivity contribution in [3.63, 3.8) is 0 Å². The number of benzene rings is 2. The first-order valence-corrected chi connectivity index (χ1v) is 13.6. The minimum atomic E-state index is -0.545. The molecule has 2 fully saturated rings. The van der Waals surface area contributed by atoms with E-state index in [1.807, 2.05) is 30.3 Å². The third-order valence-corrected chi connectivity index (χ3v) is 8.31. The van der Waals surface area contributed by atoms with Gasteiger partial charge in [0.25, 0.3) is 0 Å². The molecule has 0 N–H and O–H groups in total. The number of nitriles is 1. The van der Waals surface area contributed by atoms with Crippen LogP contribution in [-0.4, -0.2) is 77.2 Å². The number of rotatable bonds is 6. The maximum atomic E-state index is 16.4. The number of hydrogen-bond donors (Lipinski definition) is 0. The van der Waals surface area contributed by atoms with Crippen molar-refractivity contribution >= 4 is 39.1 Å². The Balaban J connectivity index is 1.46. The smallest absolute Gasteiger partial charge is 0.319 e. The van der Waals surface area contributed by atoms with Crippen LogP contribution in [0.5, 0.6) is 6.01 Å². The summed E-state index contributed by atoms with van der Waals surface area (Å²) < 4.78 is 22.5. The lowest BCUT2D eigenvalue weighted by Gasteiger charge is -2.23. The molecule has 8 nitrogen and oxygen atoms in total. The second-order valence-electron chi connectivity index (χ2n) is 10.3. The van der Waals surface area contributed by atoms with Crippen molar-refractivity contribution in [2.24, 2.45) is 0 Å². The van der Waals surface area contributed by atoms with Gasteiger partial charge in [-0.05, 0) is 44.3 Å². The number of nitrogens with zero attached hydrogens (tertiary/aromatic N) is 7. The predicted octanol–water partition coefficient (Wildman–Crippen LogP) is 5.10. The second kappa shape index (κ2) is 10.4. The lowest BCUT2D eigenvalue weighted by atomic mass is 10.0. The maximum absolute atomic E-state index is 16.4. The van der Waals surface area contributed by atoms with Gasteiger partial charge in [0.05, 0.1) is 11.4 Å². The van der Waals surface area contributed by atoms with E-state index in [0.717, 1.165) is 36.6 Å². The first-order chi connectivity index (χ1) is 18.9. The Bertz CT molecular complexity index is 1590. The Hall–Kier alpha value is -3.74. The average molecular weight is 546 g/mol. The molecule has 0 amide bonds. The van der Waals surface area contributed by atoms with Crippen molar-refractivity contribution in [3.8, 4) is 23.5 Å². The quantitative estimate of drug-likeness (QED) is 0.244. The Kier molecular flexibility index (Phi) is 6.83. The van der Waals surface area contributed by atoms with Crippen LogP contribution in [0.2, 0.25) is 5.02 Å². The van der Waals surface area contributed by atoms with Crippen molar-refractivity contribution in [1.82, 2.24) is 24.8 Å². The summed E-state index contributed by atoms with van der Waals surface area (Å²) in [4.78, 5) is 19.8. The first-order valence-electron chi connectivity index (χ1n) is 13.2. The standard InChI is InChI=1S/C29H29ClFN7O/c1-36-12-5-8-20(36)16-39-29-34-27-22(28(35-29)38-13-11-19(15-38)37(2)17-32)14-33-26(25(27)31)21-9-3-6-18-7-4-10-23(30)24(18)21/h3-4,6-7,9-10,14,19-20H,5,8,11-13,15-16H2,1-2H3/t19?,20-/m0/s1. The number of fused-ring (bicyclic) bond motifs is 2. The third-order valence-electron chi connectivity index (χ3n) is 8.00. The normalized spacial score (nSPS) is 19.6. The van der Waals surface area contributed by atoms with Gasteiger partial charge in [-0.2, -0.15) is 15.2 Å². The van der Waals surface area contributed by atoms with Gasteiger partial charge in [0, 0.05) is 48.3 Å². The molecule has 39 heavy (non-hydrogen) atoms. The maximum Gasteiger partial charge on any atom is 0.319 e. The molecule has 1 unspecified atom stereocenters. The van der Waals surface area contributed by atoms with Crippen LogP contribution in [0.4, 0.5) is 10.2 Å². The molecule has 200 valence electrons. The van der Waals surface area contributed by atoms with Gasteiger partial charge in [-0.1, -0.05) is 41.9 Å². The van der Waals surface area contributed by atoms with Crippen LogP contribution >= 0.6 is 11.6 Å². The molecule has 4 aromatic rings. The number of anilines is 1. The van der Waals surface area contributed by atoms with E-state index in [1.165, 1.54) is 0 Å². The number of pyridine rings is 1. The molecule has 2 aromatic heterocycles. The fourth-order valence-corrected chi connectivity index (χ4v) is 5.98. The lowest BCUT2D eigenvalue weighted by molar-refractivity contribution is 0.188. The summed E-state index contributed by atoms with van der Waals surface area (Å²) in [5, 5.41) is 12.1. The minimum Gasteiger partial charge on any atom is -0.462 e. The van der Waals surface area contributed by atoms with Crippen LogP contribution in [0.25, 0.3) is 32.9 Å². The summed E-state index contributed by atoms with van der Waals surface area (Å²) in [5.74, 6) is 0.0220. The molecule has 2 aliphatic heterocycles. The highest BCUT2D eigenvalue weighted by Gasteiger charge is 2.30. The van der Waals surface area contributed by atoms with Gasteiger partial charge in [-0.25, -0.2) is 4.39 Å². The largest absolute Gasteiger partial charge is 0.462 e. The van der Waals surface area contributed by atoms with E-state index in [-0.39, 0.29) is 29.3 Å². The van der Waals surface area contributed by atoms with Gasteiger partial charge in [0.2, 0.25) is 0 Å². The third kappa shape index (κ3) is 4.68. The topological polar surface area (TPSA) is 81.4 Å².